The summed E-state index contributed by atoms with van der Waals surface area (Å²) in [6.07, 6.45) is 3.34. The van der Waals surface area contributed by atoms with E-state index in [1.807, 2.05) is 12.1 Å². The van der Waals surface area contributed by atoms with E-state index in [-0.39, 0.29) is 11.8 Å². The lowest BCUT2D eigenvalue weighted by Crippen LogP contribution is -2.34. The fourth-order valence-electron chi connectivity index (χ4n) is 1.97. The molecule has 2 aromatic rings. The van der Waals surface area contributed by atoms with Crippen LogP contribution in [-0.2, 0) is 28.9 Å². The molecular formula is C16H20N4O3S. The van der Waals surface area contributed by atoms with Crippen molar-refractivity contribution in [3.8, 4) is 0 Å². The summed E-state index contributed by atoms with van der Waals surface area (Å²) in [4.78, 5) is 15.7. The van der Waals surface area contributed by atoms with Crippen LogP contribution in [0.3, 0.4) is 0 Å². The van der Waals surface area contributed by atoms with Crippen molar-refractivity contribution in [3.63, 3.8) is 0 Å². The Hall–Kier alpha value is -2.45. The first-order valence-electron chi connectivity index (χ1n) is 7.38. The number of carbonyl (C=O) groups is 1. The van der Waals surface area contributed by atoms with Gasteiger partial charge in [-0.3, -0.25) is 4.98 Å². The molecule has 1 heterocycles. The van der Waals surface area contributed by atoms with Crippen molar-refractivity contribution in [1.29, 1.82) is 0 Å². The zero-order valence-electron chi connectivity index (χ0n) is 13.3. The Bertz CT molecular complexity index is 762. The predicted octanol–water partition coefficient (Wildman–Crippen LogP) is 1.13. The van der Waals surface area contributed by atoms with Gasteiger partial charge in [-0.15, -0.1) is 0 Å². The molecule has 0 aliphatic heterocycles. The number of sulfonamides is 1. The normalized spacial score (nSPS) is 11.0. The summed E-state index contributed by atoms with van der Waals surface area (Å²) >= 11 is 0. The van der Waals surface area contributed by atoms with Crippen molar-refractivity contribution >= 4 is 16.1 Å². The highest BCUT2D eigenvalue weighted by atomic mass is 32.2. The number of rotatable bonds is 7. The molecule has 0 aliphatic rings. The Kier molecular flexibility index (Phi) is 6.28. The summed E-state index contributed by atoms with van der Waals surface area (Å²) in [5, 5.41) is 5.51. The maximum Gasteiger partial charge on any atom is 0.315 e. The average molecular weight is 348 g/mol. The SMILES string of the molecule is CNS(=O)(=O)Cc1ccc(CNC(=O)NCc2ccncc2)cc1. The van der Waals surface area contributed by atoms with Crippen LogP contribution in [0.5, 0.6) is 0 Å². The number of pyridine rings is 1. The lowest BCUT2D eigenvalue weighted by Gasteiger charge is -2.08. The molecule has 0 atom stereocenters. The van der Waals surface area contributed by atoms with E-state index >= 15 is 0 Å². The van der Waals surface area contributed by atoms with Gasteiger partial charge in [0.05, 0.1) is 5.75 Å². The summed E-state index contributed by atoms with van der Waals surface area (Å²) in [5.41, 5.74) is 2.55. The van der Waals surface area contributed by atoms with Crippen molar-refractivity contribution in [2.75, 3.05) is 7.05 Å². The molecule has 0 aliphatic carbocycles. The van der Waals surface area contributed by atoms with E-state index < -0.39 is 10.0 Å². The van der Waals surface area contributed by atoms with Gasteiger partial charge in [0.1, 0.15) is 0 Å². The molecule has 8 heteroatoms. The first-order valence-corrected chi connectivity index (χ1v) is 9.03. The van der Waals surface area contributed by atoms with Crippen LogP contribution in [0.25, 0.3) is 0 Å². The van der Waals surface area contributed by atoms with Gasteiger partial charge in [-0.25, -0.2) is 17.9 Å². The summed E-state index contributed by atoms with van der Waals surface area (Å²) in [6.45, 7) is 0.788. The average Bonchev–Trinajstić information content (AvgIpc) is 2.60. The Labute approximate surface area is 141 Å². The Morgan fingerprint density at radius 2 is 1.42 bits per heavy atom. The second-order valence-corrected chi connectivity index (χ2v) is 7.10. The minimum atomic E-state index is -3.28. The molecule has 2 amide bonds. The van der Waals surface area contributed by atoms with Crippen LogP contribution in [0.1, 0.15) is 16.7 Å². The lowest BCUT2D eigenvalue weighted by atomic mass is 10.1. The van der Waals surface area contributed by atoms with E-state index in [0.717, 1.165) is 11.1 Å². The molecule has 0 unspecified atom stereocenters. The van der Waals surface area contributed by atoms with E-state index in [9.17, 15) is 13.2 Å². The number of carbonyl (C=O) groups excluding carboxylic acids is 1. The van der Waals surface area contributed by atoms with E-state index in [1.165, 1.54) is 7.05 Å². The second-order valence-electron chi connectivity index (χ2n) is 5.17. The van der Waals surface area contributed by atoms with E-state index in [1.54, 1.807) is 36.7 Å². The zero-order chi connectivity index (χ0) is 17.4. The van der Waals surface area contributed by atoms with E-state index in [2.05, 4.69) is 20.3 Å². The molecule has 1 aromatic heterocycles. The van der Waals surface area contributed by atoms with Crippen molar-refractivity contribution < 1.29 is 13.2 Å². The Morgan fingerprint density at radius 3 is 1.96 bits per heavy atom. The predicted molar refractivity (Wildman–Crippen MR) is 91.4 cm³/mol. The van der Waals surface area contributed by atoms with E-state index in [4.69, 9.17) is 0 Å². The van der Waals surface area contributed by atoms with Gasteiger partial charge in [-0.1, -0.05) is 24.3 Å². The number of benzene rings is 1. The molecule has 0 fully saturated rings. The van der Waals surface area contributed by atoms with Gasteiger partial charge >= 0.3 is 6.03 Å². The van der Waals surface area contributed by atoms with Gasteiger partial charge < -0.3 is 10.6 Å². The molecule has 0 radical (unpaired) electrons. The monoisotopic (exact) mass is 348 g/mol. The van der Waals surface area contributed by atoms with Crippen molar-refractivity contribution in [1.82, 2.24) is 20.3 Å². The molecule has 0 saturated heterocycles. The number of aromatic nitrogens is 1. The lowest BCUT2D eigenvalue weighted by molar-refractivity contribution is 0.240. The quantitative estimate of drug-likeness (QED) is 0.698. The third-order valence-electron chi connectivity index (χ3n) is 3.35. The number of hydrogen-bond donors (Lipinski definition) is 3. The van der Waals surface area contributed by atoms with Gasteiger partial charge in [0.15, 0.2) is 0 Å². The van der Waals surface area contributed by atoms with Crippen LogP contribution in [0.15, 0.2) is 48.8 Å². The van der Waals surface area contributed by atoms with Crippen LogP contribution in [0.2, 0.25) is 0 Å². The molecule has 128 valence electrons. The summed E-state index contributed by atoms with van der Waals surface area (Å²) < 4.78 is 25.2. The Balaban J connectivity index is 1.78. The van der Waals surface area contributed by atoms with Gasteiger partial charge in [0, 0.05) is 25.5 Å². The summed E-state index contributed by atoms with van der Waals surface area (Å²) in [7, 11) is -1.89. The molecule has 3 N–H and O–H groups in total. The fraction of sp³-hybridized carbons (Fsp3) is 0.250. The highest BCUT2D eigenvalue weighted by Crippen LogP contribution is 2.07. The van der Waals surface area contributed by atoms with Gasteiger partial charge in [-0.05, 0) is 35.9 Å². The van der Waals surface area contributed by atoms with Crippen molar-refractivity contribution in [2.45, 2.75) is 18.8 Å². The fourth-order valence-corrected chi connectivity index (χ4v) is 2.75. The highest BCUT2D eigenvalue weighted by molar-refractivity contribution is 7.88. The first-order chi connectivity index (χ1) is 11.5. The minimum Gasteiger partial charge on any atom is -0.334 e. The number of urea groups is 1. The van der Waals surface area contributed by atoms with Crippen LogP contribution >= 0.6 is 0 Å². The first kappa shape index (κ1) is 17.9. The number of amides is 2. The molecule has 0 spiro atoms. The second kappa shape index (κ2) is 8.42. The topological polar surface area (TPSA) is 100 Å². The largest absolute Gasteiger partial charge is 0.334 e. The molecular weight excluding hydrogens is 328 g/mol. The van der Waals surface area contributed by atoms with Crippen molar-refractivity contribution in [3.05, 3.63) is 65.5 Å². The molecule has 24 heavy (non-hydrogen) atoms. The minimum absolute atomic E-state index is 0.0658. The van der Waals surface area contributed by atoms with Gasteiger partial charge in [-0.2, -0.15) is 0 Å². The summed E-state index contributed by atoms with van der Waals surface area (Å²) in [5.74, 6) is -0.0658. The van der Waals surface area contributed by atoms with Crippen LogP contribution in [0, 0.1) is 0 Å². The molecule has 1 aromatic carbocycles. The van der Waals surface area contributed by atoms with Crippen LogP contribution in [0.4, 0.5) is 4.79 Å². The molecule has 7 nitrogen and oxygen atoms in total. The number of nitrogens with one attached hydrogen (secondary N) is 3. The van der Waals surface area contributed by atoms with Crippen LogP contribution < -0.4 is 15.4 Å². The number of nitrogens with zero attached hydrogens (tertiary/aromatic N) is 1. The standard InChI is InChI=1S/C16H20N4O3S/c1-17-24(22,23)12-15-4-2-13(3-5-15)10-19-16(21)20-11-14-6-8-18-9-7-14/h2-9,17H,10-12H2,1H3,(H2,19,20,21). The van der Waals surface area contributed by atoms with Gasteiger partial charge in [0.2, 0.25) is 10.0 Å². The third-order valence-corrected chi connectivity index (χ3v) is 4.68. The van der Waals surface area contributed by atoms with Crippen LogP contribution in [-0.4, -0.2) is 26.5 Å². The number of hydrogen-bond acceptors (Lipinski definition) is 4. The highest BCUT2D eigenvalue weighted by Gasteiger charge is 2.08. The maximum absolute atomic E-state index is 11.8. The van der Waals surface area contributed by atoms with E-state index in [0.29, 0.717) is 18.7 Å². The zero-order valence-corrected chi connectivity index (χ0v) is 14.1. The smallest absolute Gasteiger partial charge is 0.315 e. The summed E-state index contributed by atoms with van der Waals surface area (Å²) in [6, 6.07) is 10.5. The van der Waals surface area contributed by atoms with Gasteiger partial charge in [0.25, 0.3) is 0 Å². The third kappa shape index (κ3) is 5.98. The van der Waals surface area contributed by atoms with Crippen molar-refractivity contribution in [2.24, 2.45) is 0 Å². The molecule has 0 bridgehead atoms. The molecule has 0 saturated carbocycles. The Morgan fingerprint density at radius 1 is 0.917 bits per heavy atom. The maximum atomic E-state index is 11.8. The molecule has 2 rings (SSSR count).